The molecule has 0 saturated heterocycles. The van der Waals surface area contributed by atoms with Crippen molar-refractivity contribution < 1.29 is 9.47 Å². The quantitative estimate of drug-likeness (QED) is 0.905. The fraction of sp³-hybridized carbons (Fsp3) is 0.667. The van der Waals surface area contributed by atoms with Gasteiger partial charge in [0.05, 0.1) is 12.2 Å². The SMILES string of the molecule is COC1(C(N)CCc2ccc3c(c2)CCO3)CCCCC1. The topological polar surface area (TPSA) is 44.5 Å². The first-order chi connectivity index (χ1) is 10.2. The summed E-state index contributed by atoms with van der Waals surface area (Å²) in [7, 11) is 1.83. The molecule has 116 valence electrons. The zero-order chi connectivity index (χ0) is 14.7. The van der Waals surface area contributed by atoms with Crippen molar-refractivity contribution in [3.63, 3.8) is 0 Å². The van der Waals surface area contributed by atoms with Crippen LogP contribution in [0.15, 0.2) is 18.2 Å². The number of benzene rings is 1. The van der Waals surface area contributed by atoms with Crippen molar-refractivity contribution in [2.45, 2.75) is 63.0 Å². The molecule has 0 aromatic heterocycles. The number of hydrogen-bond donors (Lipinski definition) is 1. The summed E-state index contributed by atoms with van der Waals surface area (Å²) >= 11 is 0. The minimum absolute atomic E-state index is 0.0852. The van der Waals surface area contributed by atoms with Crippen LogP contribution in [0, 0.1) is 0 Å². The fourth-order valence-electron chi connectivity index (χ4n) is 3.86. The van der Waals surface area contributed by atoms with E-state index in [1.165, 1.54) is 30.4 Å². The second kappa shape index (κ2) is 6.37. The number of ether oxygens (including phenoxy) is 2. The van der Waals surface area contributed by atoms with Crippen LogP contribution < -0.4 is 10.5 Å². The van der Waals surface area contributed by atoms with Crippen molar-refractivity contribution >= 4 is 0 Å². The van der Waals surface area contributed by atoms with E-state index in [1.54, 1.807) is 0 Å². The molecule has 3 heteroatoms. The van der Waals surface area contributed by atoms with Gasteiger partial charge in [0.1, 0.15) is 5.75 Å². The Hall–Kier alpha value is -1.06. The predicted molar refractivity (Wildman–Crippen MR) is 84.8 cm³/mol. The number of methoxy groups -OCH3 is 1. The average Bonchev–Trinajstić information content (AvgIpc) is 3.00. The van der Waals surface area contributed by atoms with Gasteiger partial charge >= 0.3 is 0 Å². The lowest BCUT2D eigenvalue weighted by Crippen LogP contribution is -2.51. The smallest absolute Gasteiger partial charge is 0.122 e. The lowest BCUT2D eigenvalue weighted by molar-refractivity contribution is -0.0600. The van der Waals surface area contributed by atoms with E-state index in [-0.39, 0.29) is 11.6 Å². The summed E-state index contributed by atoms with van der Waals surface area (Å²) in [6.45, 7) is 0.824. The Kier molecular flexibility index (Phi) is 4.51. The third kappa shape index (κ3) is 3.09. The van der Waals surface area contributed by atoms with Gasteiger partial charge in [0.15, 0.2) is 0 Å². The maximum absolute atomic E-state index is 6.50. The summed E-state index contributed by atoms with van der Waals surface area (Å²) < 4.78 is 11.4. The highest BCUT2D eigenvalue weighted by Gasteiger charge is 2.37. The number of rotatable bonds is 5. The van der Waals surface area contributed by atoms with Gasteiger partial charge in [-0.3, -0.25) is 0 Å². The van der Waals surface area contributed by atoms with Crippen LogP contribution in [0.2, 0.25) is 0 Å². The van der Waals surface area contributed by atoms with Crippen LogP contribution in [0.1, 0.15) is 49.7 Å². The first-order valence-electron chi connectivity index (χ1n) is 8.29. The molecule has 0 radical (unpaired) electrons. The minimum atomic E-state index is -0.0852. The monoisotopic (exact) mass is 289 g/mol. The predicted octanol–water partition coefficient (Wildman–Crippen LogP) is 3.23. The van der Waals surface area contributed by atoms with Crippen molar-refractivity contribution in [1.29, 1.82) is 0 Å². The lowest BCUT2D eigenvalue weighted by Gasteiger charge is -2.41. The van der Waals surface area contributed by atoms with Gasteiger partial charge in [0, 0.05) is 19.6 Å². The Balaban J connectivity index is 1.61. The third-order valence-electron chi connectivity index (χ3n) is 5.28. The van der Waals surface area contributed by atoms with Crippen LogP contribution in [0.4, 0.5) is 0 Å². The van der Waals surface area contributed by atoms with Crippen LogP contribution in [0.3, 0.4) is 0 Å². The van der Waals surface area contributed by atoms with E-state index >= 15 is 0 Å². The van der Waals surface area contributed by atoms with Crippen molar-refractivity contribution in [1.82, 2.24) is 0 Å². The molecule has 3 rings (SSSR count). The maximum Gasteiger partial charge on any atom is 0.122 e. The van der Waals surface area contributed by atoms with Crippen LogP contribution in [0.25, 0.3) is 0 Å². The molecular formula is C18H27NO2. The average molecular weight is 289 g/mol. The second-order valence-corrected chi connectivity index (χ2v) is 6.52. The summed E-state index contributed by atoms with van der Waals surface area (Å²) in [4.78, 5) is 0. The zero-order valence-electron chi connectivity index (χ0n) is 13.1. The number of hydrogen-bond acceptors (Lipinski definition) is 3. The molecule has 1 saturated carbocycles. The molecule has 1 heterocycles. The Bertz CT molecular complexity index is 480. The molecule has 3 nitrogen and oxygen atoms in total. The molecule has 1 atom stereocenters. The molecule has 1 unspecified atom stereocenters. The van der Waals surface area contributed by atoms with E-state index in [0.29, 0.717) is 0 Å². The van der Waals surface area contributed by atoms with Gasteiger partial charge in [0.2, 0.25) is 0 Å². The molecular weight excluding hydrogens is 262 g/mol. The molecule has 2 N–H and O–H groups in total. The number of fused-ring (bicyclic) bond motifs is 1. The van der Waals surface area contributed by atoms with Gasteiger partial charge in [-0.2, -0.15) is 0 Å². The highest BCUT2D eigenvalue weighted by Crippen LogP contribution is 2.35. The van der Waals surface area contributed by atoms with Crippen LogP contribution in [-0.2, 0) is 17.6 Å². The first kappa shape index (κ1) is 14.9. The van der Waals surface area contributed by atoms with Crippen LogP contribution in [0.5, 0.6) is 5.75 Å². The van der Waals surface area contributed by atoms with E-state index in [0.717, 1.165) is 44.5 Å². The standard InChI is InChI=1S/C18H27NO2/c1-20-18(10-3-2-4-11-18)17(19)8-6-14-5-7-16-15(13-14)9-12-21-16/h5,7,13,17H,2-4,6,8-12,19H2,1H3. The minimum Gasteiger partial charge on any atom is -0.493 e. The third-order valence-corrected chi connectivity index (χ3v) is 5.28. The van der Waals surface area contributed by atoms with E-state index in [4.69, 9.17) is 15.2 Å². The molecule has 1 aliphatic heterocycles. The summed E-state index contributed by atoms with van der Waals surface area (Å²) in [6.07, 6.45) is 9.10. The summed E-state index contributed by atoms with van der Waals surface area (Å²) in [5.41, 5.74) is 9.14. The number of aryl methyl sites for hydroxylation is 1. The Labute approximate surface area is 127 Å². The molecule has 2 aliphatic rings. The molecule has 0 spiro atoms. The van der Waals surface area contributed by atoms with Gasteiger partial charge in [0.25, 0.3) is 0 Å². The van der Waals surface area contributed by atoms with Crippen molar-refractivity contribution in [3.05, 3.63) is 29.3 Å². The van der Waals surface area contributed by atoms with Crippen molar-refractivity contribution in [2.24, 2.45) is 5.73 Å². The summed E-state index contributed by atoms with van der Waals surface area (Å²) in [6, 6.07) is 6.70. The van der Waals surface area contributed by atoms with E-state index in [2.05, 4.69) is 18.2 Å². The van der Waals surface area contributed by atoms with Gasteiger partial charge in [-0.15, -0.1) is 0 Å². The molecule has 1 fully saturated rings. The fourth-order valence-corrected chi connectivity index (χ4v) is 3.86. The molecule has 0 amide bonds. The lowest BCUT2D eigenvalue weighted by atomic mass is 9.77. The maximum atomic E-state index is 6.50. The van der Waals surface area contributed by atoms with E-state index < -0.39 is 0 Å². The molecule has 1 aromatic carbocycles. The Morgan fingerprint density at radius 1 is 1.29 bits per heavy atom. The molecule has 1 aromatic rings. The van der Waals surface area contributed by atoms with Crippen molar-refractivity contribution in [2.75, 3.05) is 13.7 Å². The van der Waals surface area contributed by atoms with Crippen LogP contribution in [-0.4, -0.2) is 25.4 Å². The van der Waals surface area contributed by atoms with Gasteiger partial charge in [-0.25, -0.2) is 0 Å². The van der Waals surface area contributed by atoms with Crippen LogP contribution >= 0.6 is 0 Å². The molecule has 0 bridgehead atoms. The first-order valence-corrected chi connectivity index (χ1v) is 8.29. The second-order valence-electron chi connectivity index (χ2n) is 6.52. The van der Waals surface area contributed by atoms with Gasteiger partial charge in [-0.1, -0.05) is 31.4 Å². The largest absolute Gasteiger partial charge is 0.493 e. The van der Waals surface area contributed by atoms with E-state index in [1.807, 2.05) is 7.11 Å². The Morgan fingerprint density at radius 2 is 2.10 bits per heavy atom. The van der Waals surface area contributed by atoms with E-state index in [9.17, 15) is 0 Å². The summed E-state index contributed by atoms with van der Waals surface area (Å²) in [5, 5.41) is 0. The molecule has 1 aliphatic carbocycles. The highest BCUT2D eigenvalue weighted by atomic mass is 16.5. The van der Waals surface area contributed by atoms with Gasteiger partial charge < -0.3 is 15.2 Å². The number of nitrogens with two attached hydrogens (primary N) is 1. The molecule has 21 heavy (non-hydrogen) atoms. The Morgan fingerprint density at radius 3 is 2.86 bits per heavy atom. The van der Waals surface area contributed by atoms with Crippen molar-refractivity contribution in [3.8, 4) is 5.75 Å². The zero-order valence-corrected chi connectivity index (χ0v) is 13.1. The summed E-state index contributed by atoms with van der Waals surface area (Å²) in [5.74, 6) is 1.06. The highest BCUT2D eigenvalue weighted by molar-refractivity contribution is 5.39. The normalized spacial score (nSPS) is 21.6. The van der Waals surface area contributed by atoms with Gasteiger partial charge in [-0.05, 0) is 42.9 Å².